The zero-order valence-electron chi connectivity index (χ0n) is 16.9. The third-order valence-corrected chi connectivity index (χ3v) is 5.95. The highest BCUT2D eigenvalue weighted by atomic mass is 16.5. The van der Waals surface area contributed by atoms with Gasteiger partial charge in [-0.15, -0.1) is 0 Å². The van der Waals surface area contributed by atoms with Crippen molar-refractivity contribution in [1.82, 2.24) is 19.7 Å². The van der Waals surface area contributed by atoms with Crippen molar-refractivity contribution in [2.45, 2.75) is 44.4 Å². The van der Waals surface area contributed by atoms with Gasteiger partial charge < -0.3 is 20.3 Å². The van der Waals surface area contributed by atoms with Crippen LogP contribution in [0.15, 0.2) is 24.4 Å². The molecule has 2 aliphatic rings. The van der Waals surface area contributed by atoms with Gasteiger partial charge in [-0.25, -0.2) is 0 Å². The van der Waals surface area contributed by atoms with Crippen LogP contribution in [0.25, 0.3) is 0 Å². The molecule has 0 bridgehead atoms. The lowest BCUT2D eigenvalue weighted by Gasteiger charge is -2.42. The maximum atomic E-state index is 6.04. The average molecular weight is 376 g/mol. The van der Waals surface area contributed by atoms with Crippen LogP contribution in [0, 0.1) is 0 Å². The summed E-state index contributed by atoms with van der Waals surface area (Å²) in [4.78, 5) is 12.1. The Morgan fingerprint density at radius 3 is 2.59 bits per heavy atom. The first-order valence-electron chi connectivity index (χ1n) is 10.6. The molecular formula is C21H37N5O. The summed E-state index contributed by atoms with van der Waals surface area (Å²) in [5.74, 6) is 0. The van der Waals surface area contributed by atoms with E-state index >= 15 is 0 Å². The minimum absolute atomic E-state index is 0.252. The van der Waals surface area contributed by atoms with Crippen molar-refractivity contribution in [1.29, 1.82) is 0 Å². The van der Waals surface area contributed by atoms with Crippen LogP contribution in [0.5, 0.6) is 0 Å². The fourth-order valence-corrected chi connectivity index (χ4v) is 4.17. The number of pyridine rings is 1. The third-order valence-electron chi connectivity index (χ3n) is 5.95. The molecule has 1 unspecified atom stereocenters. The van der Waals surface area contributed by atoms with E-state index in [1.165, 1.54) is 65.1 Å². The second-order valence-corrected chi connectivity index (χ2v) is 8.05. The average Bonchev–Trinajstić information content (AvgIpc) is 2.70. The summed E-state index contributed by atoms with van der Waals surface area (Å²) in [7, 11) is 2.24. The summed E-state index contributed by atoms with van der Waals surface area (Å²) in [6, 6.07) is 6.72. The maximum Gasteiger partial charge on any atom is 0.111 e. The molecule has 1 aromatic heterocycles. The van der Waals surface area contributed by atoms with E-state index in [4.69, 9.17) is 10.5 Å². The Labute approximate surface area is 164 Å². The van der Waals surface area contributed by atoms with Gasteiger partial charge in [0.2, 0.25) is 0 Å². The minimum atomic E-state index is -0.252. The van der Waals surface area contributed by atoms with Crippen molar-refractivity contribution in [2.24, 2.45) is 5.73 Å². The van der Waals surface area contributed by atoms with E-state index in [0.29, 0.717) is 6.42 Å². The molecule has 6 heteroatoms. The van der Waals surface area contributed by atoms with Crippen molar-refractivity contribution >= 4 is 0 Å². The van der Waals surface area contributed by atoms with Crippen molar-refractivity contribution in [3.63, 3.8) is 0 Å². The van der Waals surface area contributed by atoms with E-state index in [2.05, 4.69) is 26.7 Å². The normalized spacial score (nSPS) is 22.1. The number of aromatic nitrogens is 1. The first-order chi connectivity index (χ1) is 13.2. The number of hydrogen-bond donors (Lipinski definition) is 1. The number of piperidine rings is 1. The van der Waals surface area contributed by atoms with Crippen LogP contribution in [0.4, 0.5) is 0 Å². The predicted molar refractivity (Wildman–Crippen MR) is 110 cm³/mol. The topological polar surface area (TPSA) is 57.9 Å². The van der Waals surface area contributed by atoms with Crippen molar-refractivity contribution < 1.29 is 4.74 Å². The van der Waals surface area contributed by atoms with Crippen LogP contribution < -0.4 is 5.73 Å². The second-order valence-electron chi connectivity index (χ2n) is 8.05. The molecule has 27 heavy (non-hydrogen) atoms. The van der Waals surface area contributed by atoms with Crippen LogP contribution in [0.3, 0.4) is 0 Å². The quantitative estimate of drug-likeness (QED) is 0.520. The highest BCUT2D eigenvalue weighted by Gasteiger charge is 2.26. The molecule has 0 aliphatic carbocycles. The van der Waals surface area contributed by atoms with Gasteiger partial charge in [0.05, 0.1) is 0 Å². The number of rotatable bonds is 9. The standard InChI is InChI=1S/C21H37N5O/c1-24-11-7-20(8-12-24)26-15-13-25(14-16-26)10-4-5-17-27-21(22)18-19-6-2-3-9-23-19/h2-3,6,9,20-21H,4-5,7-8,10-18,22H2,1H3. The number of piperazine rings is 1. The van der Waals surface area contributed by atoms with Crippen LogP contribution in [0.2, 0.25) is 0 Å². The molecule has 2 saturated heterocycles. The smallest absolute Gasteiger partial charge is 0.111 e. The summed E-state index contributed by atoms with van der Waals surface area (Å²) >= 11 is 0. The Kier molecular flexibility index (Phi) is 8.48. The Morgan fingerprint density at radius 2 is 1.89 bits per heavy atom. The highest BCUT2D eigenvalue weighted by molar-refractivity contribution is 5.04. The number of likely N-dealkylation sites (tertiary alicyclic amines) is 1. The SMILES string of the molecule is CN1CCC(N2CCN(CCCCOC(N)Cc3ccccn3)CC2)CC1. The molecule has 0 saturated carbocycles. The molecule has 0 radical (unpaired) electrons. The number of hydrogen-bond acceptors (Lipinski definition) is 6. The monoisotopic (exact) mass is 375 g/mol. The van der Waals surface area contributed by atoms with Gasteiger partial charge in [0.15, 0.2) is 0 Å². The molecule has 6 nitrogen and oxygen atoms in total. The number of nitrogens with two attached hydrogens (primary N) is 1. The van der Waals surface area contributed by atoms with Gasteiger partial charge >= 0.3 is 0 Å². The lowest BCUT2D eigenvalue weighted by atomic mass is 10.0. The number of ether oxygens (including phenoxy) is 1. The van der Waals surface area contributed by atoms with Gasteiger partial charge in [0.25, 0.3) is 0 Å². The fourth-order valence-electron chi connectivity index (χ4n) is 4.17. The first-order valence-corrected chi connectivity index (χ1v) is 10.6. The molecule has 2 fully saturated rings. The third kappa shape index (κ3) is 7.12. The molecule has 3 heterocycles. The maximum absolute atomic E-state index is 6.04. The molecule has 1 atom stereocenters. The predicted octanol–water partition coefficient (Wildman–Crippen LogP) is 1.42. The van der Waals surface area contributed by atoms with E-state index in [9.17, 15) is 0 Å². The van der Waals surface area contributed by atoms with Crippen LogP contribution in [-0.2, 0) is 11.2 Å². The van der Waals surface area contributed by atoms with E-state index in [1.54, 1.807) is 6.20 Å². The fraction of sp³-hybridized carbons (Fsp3) is 0.762. The zero-order valence-corrected chi connectivity index (χ0v) is 16.9. The van der Waals surface area contributed by atoms with E-state index < -0.39 is 0 Å². The van der Waals surface area contributed by atoms with Gasteiger partial charge in [0, 0.05) is 57.1 Å². The largest absolute Gasteiger partial charge is 0.363 e. The van der Waals surface area contributed by atoms with Gasteiger partial charge in [-0.2, -0.15) is 0 Å². The van der Waals surface area contributed by atoms with Gasteiger partial charge in [-0.3, -0.25) is 9.88 Å². The first kappa shape index (κ1) is 20.7. The Hall–Kier alpha value is -1.05. The summed E-state index contributed by atoms with van der Waals surface area (Å²) < 4.78 is 5.75. The minimum Gasteiger partial charge on any atom is -0.363 e. The lowest BCUT2D eigenvalue weighted by Crippen LogP contribution is -2.52. The number of nitrogens with zero attached hydrogens (tertiary/aromatic N) is 4. The summed E-state index contributed by atoms with van der Waals surface area (Å²) in [6.45, 7) is 9.34. The molecule has 2 N–H and O–H groups in total. The zero-order chi connectivity index (χ0) is 18.9. The van der Waals surface area contributed by atoms with Crippen molar-refractivity contribution in [3.05, 3.63) is 30.1 Å². The number of unbranched alkanes of at least 4 members (excludes halogenated alkanes) is 1. The Balaban J connectivity index is 1.21. The summed E-state index contributed by atoms with van der Waals surface area (Å²) in [6.07, 6.45) is 7.17. The van der Waals surface area contributed by atoms with Crippen LogP contribution >= 0.6 is 0 Å². The van der Waals surface area contributed by atoms with E-state index in [0.717, 1.165) is 24.8 Å². The molecule has 3 rings (SSSR count). The molecular weight excluding hydrogens is 338 g/mol. The summed E-state index contributed by atoms with van der Waals surface area (Å²) in [5, 5.41) is 0. The highest BCUT2D eigenvalue weighted by Crippen LogP contribution is 2.17. The molecule has 0 aromatic carbocycles. The Bertz CT molecular complexity index is 513. The Morgan fingerprint density at radius 1 is 1.11 bits per heavy atom. The lowest BCUT2D eigenvalue weighted by molar-refractivity contribution is 0.0475. The van der Waals surface area contributed by atoms with Crippen molar-refractivity contribution in [3.8, 4) is 0 Å². The molecule has 0 spiro atoms. The van der Waals surface area contributed by atoms with Gasteiger partial charge in [-0.05, 0) is 64.5 Å². The van der Waals surface area contributed by atoms with Gasteiger partial charge in [0.1, 0.15) is 6.23 Å². The van der Waals surface area contributed by atoms with E-state index in [1.807, 2.05) is 18.2 Å². The van der Waals surface area contributed by atoms with Gasteiger partial charge in [-0.1, -0.05) is 6.07 Å². The molecule has 2 aliphatic heterocycles. The summed E-state index contributed by atoms with van der Waals surface area (Å²) in [5.41, 5.74) is 7.04. The van der Waals surface area contributed by atoms with Crippen LogP contribution in [0.1, 0.15) is 31.4 Å². The molecule has 0 amide bonds. The molecule has 1 aromatic rings. The second kappa shape index (κ2) is 11.1. The van der Waals surface area contributed by atoms with Crippen LogP contribution in [-0.4, -0.2) is 91.4 Å². The van der Waals surface area contributed by atoms with E-state index in [-0.39, 0.29) is 6.23 Å². The van der Waals surface area contributed by atoms with Crippen molar-refractivity contribution in [2.75, 3.05) is 59.5 Å². The molecule has 152 valence electrons.